The van der Waals surface area contributed by atoms with Crippen LogP contribution >= 0.6 is 11.8 Å². The Morgan fingerprint density at radius 3 is 3.08 bits per heavy atom. The van der Waals surface area contributed by atoms with Crippen molar-refractivity contribution in [1.29, 1.82) is 0 Å². The number of furan rings is 1. The number of hydrogen-bond acceptors (Lipinski definition) is 5. The zero-order valence-electron chi connectivity index (χ0n) is 12.9. The summed E-state index contributed by atoms with van der Waals surface area (Å²) in [5, 5.41) is 10.5. The van der Waals surface area contributed by atoms with Gasteiger partial charge in [0.25, 0.3) is 0 Å². The van der Waals surface area contributed by atoms with E-state index in [1.54, 1.807) is 12.3 Å². The first-order valence-electron chi connectivity index (χ1n) is 7.50. The molecular weight excluding hydrogens is 326 g/mol. The van der Waals surface area contributed by atoms with Gasteiger partial charge in [-0.1, -0.05) is 23.9 Å². The standard InChI is InChI=1S/C16H15N5O2S/c1-10(14(22)17-9-11-5-4-8-23-11)24-16-20-19-15-18-12-6-2-3-7-13(12)21(15)16/h2-8,10H,9H2,1H3,(H,17,22)(H,18,19). The van der Waals surface area contributed by atoms with Gasteiger partial charge in [-0.25, -0.2) is 10.1 Å². The van der Waals surface area contributed by atoms with E-state index in [9.17, 15) is 4.79 Å². The molecule has 0 saturated heterocycles. The lowest BCUT2D eigenvalue weighted by atomic mass is 10.3. The first-order valence-corrected chi connectivity index (χ1v) is 8.38. The Labute approximate surface area is 141 Å². The Morgan fingerprint density at radius 1 is 1.38 bits per heavy atom. The molecule has 0 aliphatic heterocycles. The second-order valence-electron chi connectivity index (χ2n) is 5.32. The number of aromatic nitrogens is 4. The summed E-state index contributed by atoms with van der Waals surface area (Å²) in [5.41, 5.74) is 1.86. The van der Waals surface area contributed by atoms with Crippen molar-refractivity contribution in [3.63, 3.8) is 0 Å². The average Bonchev–Trinajstić information content (AvgIpc) is 3.30. The minimum absolute atomic E-state index is 0.0722. The summed E-state index contributed by atoms with van der Waals surface area (Å²) in [6.45, 7) is 2.22. The number of amides is 1. The highest BCUT2D eigenvalue weighted by molar-refractivity contribution is 8.00. The second-order valence-corrected chi connectivity index (χ2v) is 6.63. The molecule has 4 aromatic rings. The summed E-state index contributed by atoms with van der Waals surface area (Å²) in [6, 6.07) is 11.5. The number of nitrogens with one attached hydrogen (secondary N) is 2. The summed E-state index contributed by atoms with van der Waals surface area (Å²) in [5.74, 6) is 1.32. The van der Waals surface area contributed by atoms with Gasteiger partial charge in [-0.3, -0.25) is 9.20 Å². The second kappa shape index (κ2) is 6.04. The van der Waals surface area contributed by atoms with E-state index >= 15 is 0 Å². The molecule has 0 bridgehead atoms. The van der Waals surface area contributed by atoms with Crippen LogP contribution < -0.4 is 5.32 Å². The molecule has 7 nitrogen and oxygen atoms in total. The first-order chi connectivity index (χ1) is 11.7. The summed E-state index contributed by atoms with van der Waals surface area (Å²) in [6.07, 6.45) is 1.59. The van der Waals surface area contributed by atoms with Crippen molar-refractivity contribution in [2.24, 2.45) is 0 Å². The van der Waals surface area contributed by atoms with E-state index in [0.29, 0.717) is 17.5 Å². The third-order valence-corrected chi connectivity index (χ3v) is 4.72. The topological polar surface area (TPSA) is 88.2 Å². The van der Waals surface area contributed by atoms with E-state index in [0.717, 1.165) is 16.8 Å². The van der Waals surface area contributed by atoms with Gasteiger partial charge >= 0.3 is 0 Å². The normalized spacial score (nSPS) is 12.7. The quantitative estimate of drug-likeness (QED) is 0.545. The van der Waals surface area contributed by atoms with Gasteiger partial charge in [-0.05, 0) is 31.2 Å². The SMILES string of the molecule is CC(Sc1n[nH]c2nc3ccccc3n12)C(=O)NCc1ccco1. The van der Waals surface area contributed by atoms with E-state index in [1.807, 2.05) is 41.7 Å². The number of fused-ring (bicyclic) bond motifs is 3. The summed E-state index contributed by atoms with van der Waals surface area (Å²) >= 11 is 1.38. The van der Waals surface area contributed by atoms with E-state index in [4.69, 9.17) is 4.42 Å². The van der Waals surface area contributed by atoms with Gasteiger partial charge in [-0.2, -0.15) is 0 Å². The minimum Gasteiger partial charge on any atom is -0.467 e. The molecule has 2 N–H and O–H groups in total. The molecule has 4 rings (SSSR count). The number of para-hydroxylation sites is 2. The van der Waals surface area contributed by atoms with Crippen molar-refractivity contribution in [2.45, 2.75) is 23.9 Å². The summed E-state index contributed by atoms with van der Waals surface area (Å²) in [4.78, 5) is 16.7. The van der Waals surface area contributed by atoms with E-state index < -0.39 is 0 Å². The molecule has 3 heterocycles. The summed E-state index contributed by atoms with van der Waals surface area (Å²) in [7, 11) is 0. The van der Waals surface area contributed by atoms with Crippen LogP contribution in [0.15, 0.2) is 52.2 Å². The molecule has 1 amide bonds. The fourth-order valence-electron chi connectivity index (χ4n) is 2.46. The lowest BCUT2D eigenvalue weighted by Gasteiger charge is -2.09. The molecule has 1 unspecified atom stereocenters. The number of rotatable bonds is 5. The Hall–Kier alpha value is -2.74. The maximum Gasteiger partial charge on any atom is 0.233 e. The molecule has 0 aliphatic rings. The molecule has 0 fully saturated rings. The molecule has 24 heavy (non-hydrogen) atoms. The monoisotopic (exact) mass is 341 g/mol. The molecule has 1 atom stereocenters. The van der Waals surface area contributed by atoms with Crippen molar-refractivity contribution in [3.8, 4) is 0 Å². The van der Waals surface area contributed by atoms with Gasteiger partial charge in [0.2, 0.25) is 11.7 Å². The van der Waals surface area contributed by atoms with Crippen molar-refractivity contribution in [2.75, 3.05) is 0 Å². The maximum absolute atomic E-state index is 12.3. The zero-order valence-corrected chi connectivity index (χ0v) is 13.7. The minimum atomic E-state index is -0.298. The molecule has 0 aliphatic carbocycles. The predicted octanol–water partition coefficient (Wildman–Crippen LogP) is 2.60. The van der Waals surface area contributed by atoms with Crippen LogP contribution in [0, 0.1) is 0 Å². The van der Waals surface area contributed by atoms with Crippen LogP contribution in [0.2, 0.25) is 0 Å². The highest BCUT2D eigenvalue weighted by Crippen LogP contribution is 2.26. The Bertz CT molecular complexity index is 989. The van der Waals surface area contributed by atoms with Gasteiger partial charge in [-0.15, -0.1) is 5.10 Å². The fraction of sp³-hybridized carbons (Fsp3) is 0.188. The van der Waals surface area contributed by atoms with Gasteiger partial charge in [0, 0.05) is 0 Å². The average molecular weight is 341 g/mol. The van der Waals surface area contributed by atoms with Crippen LogP contribution in [-0.2, 0) is 11.3 Å². The highest BCUT2D eigenvalue weighted by Gasteiger charge is 2.19. The third kappa shape index (κ3) is 2.65. The lowest BCUT2D eigenvalue weighted by molar-refractivity contribution is -0.120. The molecule has 1 aromatic carbocycles. The third-order valence-electron chi connectivity index (χ3n) is 3.67. The van der Waals surface area contributed by atoms with Crippen LogP contribution in [-0.4, -0.2) is 30.7 Å². The van der Waals surface area contributed by atoms with Gasteiger partial charge in [0.1, 0.15) is 5.76 Å². The van der Waals surface area contributed by atoms with Crippen LogP contribution in [0.5, 0.6) is 0 Å². The van der Waals surface area contributed by atoms with E-state index in [-0.39, 0.29) is 11.2 Å². The molecule has 0 saturated carbocycles. The smallest absolute Gasteiger partial charge is 0.233 e. The number of carbonyl (C=O) groups excluding carboxylic acids is 1. The predicted molar refractivity (Wildman–Crippen MR) is 90.7 cm³/mol. The van der Waals surface area contributed by atoms with Gasteiger partial charge in [0.05, 0.1) is 29.1 Å². The van der Waals surface area contributed by atoms with Crippen LogP contribution in [0.3, 0.4) is 0 Å². The Morgan fingerprint density at radius 2 is 2.25 bits per heavy atom. The van der Waals surface area contributed by atoms with E-state index in [2.05, 4.69) is 20.5 Å². The molecule has 122 valence electrons. The Kier molecular flexibility index (Phi) is 3.73. The molecule has 0 spiro atoms. The molecular formula is C16H15N5O2S. The van der Waals surface area contributed by atoms with Crippen molar-refractivity contribution < 1.29 is 9.21 Å². The number of aromatic amines is 1. The van der Waals surface area contributed by atoms with E-state index in [1.165, 1.54) is 11.8 Å². The van der Waals surface area contributed by atoms with Crippen molar-refractivity contribution >= 4 is 34.5 Å². The van der Waals surface area contributed by atoms with Crippen LogP contribution in [0.4, 0.5) is 0 Å². The number of benzene rings is 1. The highest BCUT2D eigenvalue weighted by atomic mass is 32.2. The largest absolute Gasteiger partial charge is 0.467 e. The Balaban J connectivity index is 1.52. The fourth-order valence-corrected chi connectivity index (χ4v) is 3.36. The van der Waals surface area contributed by atoms with Gasteiger partial charge < -0.3 is 9.73 Å². The van der Waals surface area contributed by atoms with Crippen molar-refractivity contribution in [3.05, 3.63) is 48.4 Å². The van der Waals surface area contributed by atoms with Crippen LogP contribution in [0.25, 0.3) is 16.8 Å². The molecule has 3 aromatic heterocycles. The van der Waals surface area contributed by atoms with Gasteiger partial charge in [0.15, 0.2) is 5.16 Å². The molecule has 0 radical (unpaired) electrons. The number of thioether (sulfide) groups is 1. The first kappa shape index (κ1) is 14.8. The molecule has 8 heteroatoms. The van der Waals surface area contributed by atoms with Crippen molar-refractivity contribution in [1.82, 2.24) is 24.9 Å². The van der Waals surface area contributed by atoms with Crippen LogP contribution in [0.1, 0.15) is 12.7 Å². The number of nitrogens with zero attached hydrogens (tertiary/aromatic N) is 3. The maximum atomic E-state index is 12.3. The zero-order chi connectivity index (χ0) is 16.5. The number of hydrogen-bond donors (Lipinski definition) is 2. The summed E-state index contributed by atoms with van der Waals surface area (Å²) < 4.78 is 7.14. The lowest BCUT2D eigenvalue weighted by Crippen LogP contribution is -2.30. The number of imidazole rings is 1. The number of H-pyrrole nitrogens is 1. The number of carbonyl (C=O) groups is 1.